The molecule has 3 aliphatic carbocycles. The Morgan fingerprint density at radius 2 is 2.09 bits per heavy atom. The van der Waals surface area contributed by atoms with E-state index in [9.17, 15) is 10.2 Å². The summed E-state index contributed by atoms with van der Waals surface area (Å²) in [5, 5.41) is 20.3. The molecule has 0 bridgehead atoms. The quantitative estimate of drug-likeness (QED) is 0.636. The van der Waals surface area contributed by atoms with Crippen LogP contribution in [0.3, 0.4) is 0 Å². The lowest BCUT2D eigenvalue weighted by Crippen LogP contribution is -2.45. The van der Waals surface area contributed by atoms with Crippen LogP contribution in [0.1, 0.15) is 72.1 Å². The highest BCUT2D eigenvalue weighted by atomic mass is 16.5. The Hall–Kier alpha value is -0.940. The van der Waals surface area contributed by atoms with E-state index in [0.717, 1.165) is 42.7 Å². The molecule has 1 unspecified atom stereocenters. The summed E-state index contributed by atoms with van der Waals surface area (Å²) < 4.78 is 5.62. The summed E-state index contributed by atoms with van der Waals surface area (Å²) in [6.07, 6.45) is 12.2. The van der Waals surface area contributed by atoms with Crippen molar-refractivity contribution in [2.24, 2.45) is 23.2 Å². The Labute approximate surface area is 195 Å². The van der Waals surface area contributed by atoms with E-state index in [4.69, 9.17) is 4.74 Å². The van der Waals surface area contributed by atoms with Crippen LogP contribution in [0.25, 0.3) is 0 Å². The van der Waals surface area contributed by atoms with Crippen molar-refractivity contribution in [2.75, 3.05) is 26.3 Å². The summed E-state index contributed by atoms with van der Waals surface area (Å²) in [6, 6.07) is 0.548. The molecule has 32 heavy (non-hydrogen) atoms. The van der Waals surface area contributed by atoms with Crippen molar-refractivity contribution in [3.63, 3.8) is 0 Å². The Morgan fingerprint density at radius 3 is 2.88 bits per heavy atom. The smallest absolute Gasteiger partial charge is 0.0811 e. The average molecular weight is 444 g/mol. The highest BCUT2D eigenvalue weighted by molar-refractivity contribution is 5.38. The first-order chi connectivity index (χ1) is 15.3. The molecule has 0 spiro atoms. The SMILES string of the molecule is C=C1/C(=C\C=C2/CCC[C@]3(C)[C@@H](C(C)CCN4CCOC[C@@H]4C)CC[C@@H]23)C[C@@H](O)C[C@H]1O. The molecule has 0 radical (unpaired) electrons. The number of ether oxygens (including phenoxy) is 1. The maximum atomic E-state index is 10.2. The summed E-state index contributed by atoms with van der Waals surface area (Å²) in [7, 11) is 0. The Morgan fingerprint density at radius 1 is 1.28 bits per heavy atom. The van der Waals surface area contributed by atoms with E-state index in [-0.39, 0.29) is 0 Å². The van der Waals surface area contributed by atoms with Gasteiger partial charge in [0, 0.05) is 19.0 Å². The highest BCUT2D eigenvalue weighted by Crippen LogP contribution is 2.59. The topological polar surface area (TPSA) is 52.9 Å². The van der Waals surface area contributed by atoms with Crippen LogP contribution in [0.4, 0.5) is 0 Å². The molecule has 4 heteroatoms. The zero-order valence-corrected chi connectivity index (χ0v) is 20.6. The molecule has 1 heterocycles. The third-order valence-electron chi connectivity index (χ3n) is 9.37. The minimum Gasteiger partial charge on any atom is -0.393 e. The van der Waals surface area contributed by atoms with Crippen LogP contribution in [-0.4, -0.2) is 59.7 Å². The van der Waals surface area contributed by atoms with Crippen LogP contribution in [0.15, 0.2) is 35.5 Å². The lowest BCUT2D eigenvalue weighted by molar-refractivity contribution is -0.00570. The number of hydrogen-bond acceptors (Lipinski definition) is 4. The number of rotatable bonds is 5. The number of aliphatic hydroxyl groups is 2. The molecule has 4 fully saturated rings. The summed E-state index contributed by atoms with van der Waals surface area (Å²) in [5.74, 6) is 2.23. The highest BCUT2D eigenvalue weighted by Gasteiger charge is 2.50. The lowest BCUT2D eigenvalue weighted by atomic mass is 9.61. The second kappa shape index (κ2) is 10.1. The zero-order valence-electron chi connectivity index (χ0n) is 20.6. The van der Waals surface area contributed by atoms with Gasteiger partial charge in [0.2, 0.25) is 0 Å². The second-order valence-electron chi connectivity index (χ2n) is 11.4. The molecule has 4 rings (SSSR count). The van der Waals surface area contributed by atoms with Crippen molar-refractivity contribution >= 4 is 0 Å². The number of fused-ring (bicyclic) bond motifs is 1. The molecule has 4 nitrogen and oxygen atoms in total. The van der Waals surface area contributed by atoms with Crippen LogP contribution in [-0.2, 0) is 4.74 Å². The van der Waals surface area contributed by atoms with E-state index in [0.29, 0.717) is 30.2 Å². The first-order valence-corrected chi connectivity index (χ1v) is 13.1. The molecule has 0 aromatic heterocycles. The molecular formula is C28H45NO3. The predicted molar refractivity (Wildman–Crippen MR) is 130 cm³/mol. The second-order valence-corrected chi connectivity index (χ2v) is 11.4. The first kappa shape index (κ1) is 24.2. The summed E-state index contributed by atoms with van der Waals surface area (Å²) in [4.78, 5) is 2.62. The van der Waals surface area contributed by atoms with Crippen molar-refractivity contribution in [3.8, 4) is 0 Å². The van der Waals surface area contributed by atoms with E-state index < -0.39 is 12.2 Å². The van der Waals surface area contributed by atoms with Crippen molar-refractivity contribution in [1.29, 1.82) is 0 Å². The average Bonchev–Trinajstić information content (AvgIpc) is 3.12. The van der Waals surface area contributed by atoms with E-state index >= 15 is 0 Å². The van der Waals surface area contributed by atoms with Gasteiger partial charge in [0.1, 0.15) is 0 Å². The van der Waals surface area contributed by atoms with Gasteiger partial charge in [-0.3, -0.25) is 4.90 Å². The monoisotopic (exact) mass is 443 g/mol. The van der Waals surface area contributed by atoms with Gasteiger partial charge >= 0.3 is 0 Å². The third-order valence-corrected chi connectivity index (χ3v) is 9.37. The molecule has 0 aromatic rings. The number of nitrogens with zero attached hydrogens (tertiary/aromatic N) is 1. The minimum atomic E-state index is -0.606. The molecule has 0 aromatic carbocycles. The molecule has 1 aliphatic heterocycles. The largest absolute Gasteiger partial charge is 0.393 e. The van der Waals surface area contributed by atoms with Crippen LogP contribution in [0.5, 0.6) is 0 Å². The zero-order chi connectivity index (χ0) is 22.9. The van der Waals surface area contributed by atoms with E-state index in [1.807, 2.05) is 0 Å². The number of morpholine rings is 1. The van der Waals surface area contributed by atoms with Crippen LogP contribution < -0.4 is 0 Å². The van der Waals surface area contributed by atoms with Gasteiger partial charge in [-0.25, -0.2) is 0 Å². The molecule has 2 N–H and O–H groups in total. The lowest BCUT2D eigenvalue weighted by Gasteiger charge is -2.45. The van der Waals surface area contributed by atoms with E-state index in [2.05, 4.69) is 44.4 Å². The number of hydrogen-bond donors (Lipinski definition) is 2. The normalized spacial score (nSPS) is 42.4. The molecule has 4 aliphatic rings. The van der Waals surface area contributed by atoms with Crippen LogP contribution >= 0.6 is 0 Å². The van der Waals surface area contributed by atoms with Gasteiger partial charge in [0.05, 0.1) is 25.4 Å². The molecule has 1 saturated heterocycles. The number of allylic oxidation sites excluding steroid dienone is 3. The third kappa shape index (κ3) is 4.94. The molecule has 3 saturated carbocycles. The van der Waals surface area contributed by atoms with Crippen molar-refractivity contribution < 1.29 is 14.9 Å². The Kier molecular flexibility index (Phi) is 7.66. The summed E-state index contributed by atoms with van der Waals surface area (Å²) in [6.45, 7) is 15.5. The van der Waals surface area contributed by atoms with E-state index in [1.165, 1.54) is 45.1 Å². The van der Waals surface area contributed by atoms with Gasteiger partial charge in [0.25, 0.3) is 0 Å². The summed E-state index contributed by atoms with van der Waals surface area (Å²) in [5.41, 5.74) is 3.81. The fourth-order valence-electron chi connectivity index (χ4n) is 7.34. The standard InChI is InChI=1S/C28H45NO3/c1-19(11-13-29-14-15-32-18-20(29)2)25-9-10-26-22(6-5-12-28(25,26)4)7-8-23-16-24(30)17-27(31)21(23)3/h7-8,19-20,24-27,30-31H,3,5-6,9-18H2,1-2,4H3/b22-7+,23-8-/t19?,20-,24+,25+,26-,27+,28+/m0/s1. The Balaban J connectivity index is 1.43. The predicted octanol–water partition coefficient (Wildman–Crippen LogP) is 4.87. The fourth-order valence-corrected chi connectivity index (χ4v) is 7.34. The maximum absolute atomic E-state index is 10.2. The summed E-state index contributed by atoms with van der Waals surface area (Å²) >= 11 is 0. The van der Waals surface area contributed by atoms with Crippen molar-refractivity contribution in [1.82, 2.24) is 4.90 Å². The molecular weight excluding hydrogens is 398 g/mol. The van der Waals surface area contributed by atoms with Gasteiger partial charge < -0.3 is 14.9 Å². The van der Waals surface area contributed by atoms with E-state index in [1.54, 1.807) is 5.57 Å². The maximum Gasteiger partial charge on any atom is 0.0811 e. The van der Waals surface area contributed by atoms with Gasteiger partial charge in [-0.15, -0.1) is 0 Å². The molecule has 180 valence electrons. The van der Waals surface area contributed by atoms with Crippen LogP contribution in [0, 0.1) is 23.2 Å². The van der Waals surface area contributed by atoms with Crippen molar-refractivity contribution in [3.05, 3.63) is 35.5 Å². The molecule has 7 atom stereocenters. The first-order valence-electron chi connectivity index (χ1n) is 13.1. The van der Waals surface area contributed by atoms with Crippen molar-refractivity contribution in [2.45, 2.75) is 90.4 Å². The minimum absolute atomic E-state index is 0.404. The molecule has 0 amide bonds. The van der Waals surface area contributed by atoms with Gasteiger partial charge in [-0.05, 0) is 92.7 Å². The Bertz CT molecular complexity index is 743. The van der Waals surface area contributed by atoms with Gasteiger partial charge in [-0.1, -0.05) is 38.2 Å². The van der Waals surface area contributed by atoms with Gasteiger partial charge in [-0.2, -0.15) is 0 Å². The fraction of sp³-hybridized carbons (Fsp3) is 0.786. The van der Waals surface area contributed by atoms with Gasteiger partial charge in [0.15, 0.2) is 0 Å². The number of aliphatic hydroxyl groups excluding tert-OH is 2. The van der Waals surface area contributed by atoms with Crippen LogP contribution in [0.2, 0.25) is 0 Å².